The summed E-state index contributed by atoms with van der Waals surface area (Å²) in [5.74, 6) is -1.17. The Hall–Kier alpha value is -2.64. The summed E-state index contributed by atoms with van der Waals surface area (Å²) in [6.45, 7) is 12.2. The van der Waals surface area contributed by atoms with Crippen LogP contribution in [0.4, 0.5) is 13.2 Å². The van der Waals surface area contributed by atoms with Crippen molar-refractivity contribution in [3.05, 3.63) is 41.3 Å². The second kappa shape index (κ2) is 11.6. The van der Waals surface area contributed by atoms with Gasteiger partial charge in [0.1, 0.15) is 16.4 Å². The molecule has 9 nitrogen and oxygen atoms in total. The molecule has 3 heterocycles. The first-order chi connectivity index (χ1) is 17.6. The van der Waals surface area contributed by atoms with Crippen LogP contribution in [0.15, 0.2) is 33.7 Å². The van der Waals surface area contributed by atoms with Crippen LogP contribution in [0.25, 0.3) is 0 Å². The Morgan fingerprint density at radius 2 is 1.79 bits per heavy atom. The largest absolute Gasteiger partial charge is 0.492 e. The Balaban J connectivity index is 0.000000505. The van der Waals surface area contributed by atoms with E-state index < -0.39 is 22.2 Å². The maximum Gasteiger partial charge on any atom is 0.490 e. The van der Waals surface area contributed by atoms with Gasteiger partial charge in [-0.1, -0.05) is 31.1 Å². The van der Waals surface area contributed by atoms with Crippen molar-refractivity contribution < 1.29 is 40.8 Å². The van der Waals surface area contributed by atoms with Gasteiger partial charge in [-0.2, -0.15) is 17.5 Å². The van der Waals surface area contributed by atoms with Crippen molar-refractivity contribution in [2.24, 2.45) is 11.3 Å². The summed E-state index contributed by atoms with van der Waals surface area (Å²) in [7, 11) is -3.60. The number of carboxylic acid groups (broad SMARTS) is 1. The first kappa shape index (κ1) is 29.9. The molecule has 0 aliphatic carbocycles. The zero-order valence-electron chi connectivity index (χ0n) is 21.9. The monoisotopic (exact) mass is 561 g/mol. The van der Waals surface area contributed by atoms with E-state index in [1.54, 1.807) is 22.5 Å². The van der Waals surface area contributed by atoms with E-state index in [2.05, 4.69) is 23.9 Å². The van der Waals surface area contributed by atoms with Crippen molar-refractivity contribution in [1.29, 1.82) is 0 Å². The van der Waals surface area contributed by atoms with Crippen LogP contribution in [-0.2, 0) is 21.4 Å². The molecule has 4 rings (SSSR count). The molecule has 1 saturated heterocycles. The highest BCUT2D eigenvalue weighted by molar-refractivity contribution is 7.89. The number of aromatic nitrogens is 1. The van der Waals surface area contributed by atoms with Crippen LogP contribution in [0.5, 0.6) is 5.75 Å². The number of hydrogen-bond donors (Lipinski definition) is 1. The fourth-order valence-corrected chi connectivity index (χ4v) is 6.51. The molecule has 0 amide bonds. The highest BCUT2D eigenvalue weighted by atomic mass is 32.2. The summed E-state index contributed by atoms with van der Waals surface area (Å²) in [5, 5.41) is 11.2. The highest BCUT2D eigenvalue weighted by Crippen LogP contribution is 2.39. The standard InChI is InChI=1S/C23H33N3O4S.C2HF3O2/c1-17(2)13-26-15-23(16-29-21-7-5-6-8-22(21)31(26,27)28)9-11-25(12-10-23)14-20-18(3)24-30-19(20)4;3-2(4,5)1(6)7/h5-8,17H,9-16H2,1-4H3;(H,6,7). The Bertz CT molecular complexity index is 1200. The molecule has 1 aromatic heterocycles. The van der Waals surface area contributed by atoms with Gasteiger partial charge in [0, 0.05) is 30.6 Å². The van der Waals surface area contributed by atoms with Gasteiger partial charge in [-0.05, 0) is 57.8 Å². The number of aliphatic carboxylic acids is 1. The number of carboxylic acids is 1. The number of ether oxygens (including phenoxy) is 1. The number of halogens is 3. The van der Waals surface area contributed by atoms with E-state index in [9.17, 15) is 21.6 Å². The zero-order valence-corrected chi connectivity index (χ0v) is 22.7. The Morgan fingerprint density at radius 3 is 2.32 bits per heavy atom. The molecule has 0 bridgehead atoms. The van der Waals surface area contributed by atoms with Crippen molar-refractivity contribution in [3.8, 4) is 5.75 Å². The quantitative estimate of drug-likeness (QED) is 0.590. The first-order valence-corrected chi connectivity index (χ1v) is 13.7. The number of likely N-dealkylation sites (tertiary alicyclic amines) is 1. The molecule has 212 valence electrons. The molecule has 0 atom stereocenters. The summed E-state index contributed by atoms with van der Waals surface area (Å²) in [6.07, 6.45) is -3.30. The maximum absolute atomic E-state index is 13.5. The van der Waals surface area contributed by atoms with Crippen molar-refractivity contribution >= 4 is 16.0 Å². The molecular formula is C25H34F3N3O6S. The van der Waals surface area contributed by atoms with Crippen molar-refractivity contribution in [1.82, 2.24) is 14.4 Å². The SMILES string of the molecule is Cc1noc(C)c1CN1CCC2(CC1)COc1ccccc1S(=O)(=O)N(CC(C)C)C2.O=C(O)C(F)(F)F. The molecule has 38 heavy (non-hydrogen) atoms. The Labute approximate surface area is 220 Å². The Kier molecular flexibility index (Phi) is 9.15. The lowest BCUT2D eigenvalue weighted by Crippen LogP contribution is -2.52. The van der Waals surface area contributed by atoms with Gasteiger partial charge in [-0.25, -0.2) is 13.2 Å². The first-order valence-electron chi connectivity index (χ1n) is 12.3. The number of benzene rings is 1. The number of aryl methyl sites for hydroxylation is 2. The minimum Gasteiger partial charge on any atom is -0.492 e. The van der Waals surface area contributed by atoms with Gasteiger partial charge in [0.2, 0.25) is 10.0 Å². The normalized spacial score (nSPS) is 19.6. The van der Waals surface area contributed by atoms with Crippen molar-refractivity contribution in [2.75, 3.05) is 32.8 Å². The topological polar surface area (TPSA) is 113 Å². The lowest BCUT2D eigenvalue weighted by atomic mass is 9.78. The van der Waals surface area contributed by atoms with E-state index in [0.29, 0.717) is 25.4 Å². The van der Waals surface area contributed by atoms with Gasteiger partial charge >= 0.3 is 12.1 Å². The summed E-state index contributed by atoms with van der Waals surface area (Å²) in [5.41, 5.74) is 1.91. The fraction of sp³-hybridized carbons (Fsp3) is 0.600. The second-order valence-electron chi connectivity index (χ2n) is 10.3. The number of hydrogen-bond acceptors (Lipinski definition) is 7. The van der Waals surface area contributed by atoms with Gasteiger partial charge in [-0.3, -0.25) is 4.90 Å². The average Bonchev–Trinajstić information content (AvgIpc) is 3.15. The van der Waals surface area contributed by atoms with Crippen LogP contribution in [-0.4, -0.2) is 72.8 Å². The second-order valence-corrected chi connectivity index (χ2v) is 12.2. The van der Waals surface area contributed by atoms with Gasteiger partial charge in [0.25, 0.3) is 0 Å². The number of fused-ring (bicyclic) bond motifs is 1. The minimum absolute atomic E-state index is 0.190. The number of piperidine rings is 1. The molecule has 1 spiro atoms. The maximum atomic E-state index is 13.5. The van der Waals surface area contributed by atoms with E-state index in [4.69, 9.17) is 19.2 Å². The summed E-state index contributed by atoms with van der Waals surface area (Å²) >= 11 is 0. The predicted molar refractivity (Wildman–Crippen MR) is 132 cm³/mol. The van der Waals surface area contributed by atoms with E-state index >= 15 is 0 Å². The molecule has 1 N–H and O–H groups in total. The Morgan fingerprint density at radius 1 is 1.18 bits per heavy atom. The third-order valence-corrected chi connectivity index (χ3v) is 8.65. The van der Waals surface area contributed by atoms with Crippen LogP contribution in [0.2, 0.25) is 0 Å². The summed E-state index contributed by atoms with van der Waals surface area (Å²) < 4.78 is 71.9. The number of sulfonamides is 1. The predicted octanol–water partition coefficient (Wildman–Crippen LogP) is 4.25. The van der Waals surface area contributed by atoms with E-state index in [1.807, 2.05) is 19.9 Å². The number of para-hydroxylation sites is 1. The van der Waals surface area contributed by atoms with E-state index in [-0.39, 0.29) is 16.2 Å². The number of rotatable bonds is 4. The number of carbonyl (C=O) groups is 1. The number of nitrogens with zero attached hydrogens (tertiary/aromatic N) is 3. The average molecular weight is 562 g/mol. The van der Waals surface area contributed by atoms with Crippen LogP contribution in [0.1, 0.15) is 43.7 Å². The molecule has 2 aromatic rings. The third-order valence-electron chi connectivity index (χ3n) is 6.80. The molecule has 2 aliphatic heterocycles. The summed E-state index contributed by atoms with van der Waals surface area (Å²) in [6, 6.07) is 7.02. The lowest BCUT2D eigenvalue weighted by molar-refractivity contribution is -0.192. The minimum atomic E-state index is -5.08. The molecule has 0 saturated carbocycles. The van der Waals surface area contributed by atoms with Crippen molar-refractivity contribution in [3.63, 3.8) is 0 Å². The summed E-state index contributed by atoms with van der Waals surface area (Å²) in [4.78, 5) is 11.6. The van der Waals surface area contributed by atoms with Crippen LogP contribution in [0.3, 0.4) is 0 Å². The highest BCUT2D eigenvalue weighted by Gasteiger charge is 2.43. The molecule has 1 fully saturated rings. The van der Waals surface area contributed by atoms with Gasteiger partial charge in [0.05, 0.1) is 12.3 Å². The molecule has 2 aliphatic rings. The molecule has 0 unspecified atom stereocenters. The van der Waals surface area contributed by atoms with Crippen LogP contribution < -0.4 is 4.74 Å². The molecule has 13 heteroatoms. The number of alkyl halides is 3. The molecule has 1 aromatic carbocycles. The van der Waals surface area contributed by atoms with E-state index in [0.717, 1.165) is 49.5 Å². The lowest BCUT2D eigenvalue weighted by Gasteiger charge is -2.45. The van der Waals surface area contributed by atoms with Gasteiger partial charge in [0.15, 0.2) is 0 Å². The molecular weight excluding hydrogens is 527 g/mol. The van der Waals surface area contributed by atoms with E-state index in [1.165, 1.54) is 0 Å². The fourth-order valence-electron chi connectivity index (χ4n) is 4.67. The van der Waals surface area contributed by atoms with Crippen LogP contribution in [0, 0.1) is 25.2 Å². The smallest absolute Gasteiger partial charge is 0.490 e. The van der Waals surface area contributed by atoms with Gasteiger partial charge in [-0.15, -0.1) is 0 Å². The van der Waals surface area contributed by atoms with Crippen LogP contribution >= 0.6 is 0 Å². The van der Waals surface area contributed by atoms with Gasteiger partial charge < -0.3 is 14.4 Å². The zero-order chi connectivity index (χ0) is 28.3. The van der Waals surface area contributed by atoms with Crippen molar-refractivity contribution in [2.45, 2.75) is 58.2 Å². The molecule has 0 radical (unpaired) electrons. The third kappa shape index (κ3) is 7.06.